The second-order valence-corrected chi connectivity index (χ2v) is 6.47. The molecule has 6 heteroatoms. The SMILES string of the molecule is CN(C)C(=O)CNC(=NCc1ccccc1Cl)NCCc1ccccc1. The highest BCUT2D eigenvalue weighted by molar-refractivity contribution is 6.31. The molecule has 0 saturated carbocycles. The van der Waals surface area contributed by atoms with E-state index in [1.165, 1.54) is 5.56 Å². The fourth-order valence-electron chi connectivity index (χ4n) is 2.25. The van der Waals surface area contributed by atoms with Crippen LogP contribution in [0.5, 0.6) is 0 Å². The molecule has 138 valence electrons. The molecule has 0 aliphatic carbocycles. The molecule has 0 spiro atoms. The minimum Gasteiger partial charge on any atom is -0.356 e. The third-order valence-corrected chi connectivity index (χ3v) is 4.19. The van der Waals surface area contributed by atoms with Crippen molar-refractivity contribution < 1.29 is 4.79 Å². The summed E-state index contributed by atoms with van der Waals surface area (Å²) in [5.74, 6) is 0.580. The zero-order valence-corrected chi connectivity index (χ0v) is 16.0. The summed E-state index contributed by atoms with van der Waals surface area (Å²) in [6.07, 6.45) is 0.870. The average molecular weight is 373 g/mol. The number of carbonyl (C=O) groups is 1. The summed E-state index contributed by atoms with van der Waals surface area (Å²) in [6, 6.07) is 17.8. The van der Waals surface area contributed by atoms with Gasteiger partial charge in [-0.25, -0.2) is 4.99 Å². The van der Waals surface area contributed by atoms with E-state index < -0.39 is 0 Å². The second kappa shape index (κ2) is 10.5. The number of carbonyl (C=O) groups excluding carboxylic acids is 1. The highest BCUT2D eigenvalue weighted by Gasteiger charge is 2.06. The van der Waals surface area contributed by atoms with Crippen LogP contribution < -0.4 is 10.6 Å². The van der Waals surface area contributed by atoms with Crippen molar-refractivity contribution in [1.82, 2.24) is 15.5 Å². The second-order valence-electron chi connectivity index (χ2n) is 6.06. The zero-order valence-electron chi connectivity index (χ0n) is 15.2. The molecule has 0 aliphatic rings. The maximum Gasteiger partial charge on any atom is 0.241 e. The van der Waals surface area contributed by atoms with Crippen LogP contribution in [-0.4, -0.2) is 44.0 Å². The van der Waals surface area contributed by atoms with Crippen LogP contribution in [-0.2, 0) is 17.8 Å². The van der Waals surface area contributed by atoms with Crippen molar-refractivity contribution in [2.45, 2.75) is 13.0 Å². The van der Waals surface area contributed by atoms with Crippen LogP contribution in [0.1, 0.15) is 11.1 Å². The highest BCUT2D eigenvalue weighted by Crippen LogP contribution is 2.15. The van der Waals surface area contributed by atoms with E-state index >= 15 is 0 Å². The summed E-state index contributed by atoms with van der Waals surface area (Å²) in [6.45, 7) is 1.34. The smallest absolute Gasteiger partial charge is 0.241 e. The Bertz CT molecular complexity index is 732. The molecule has 0 aliphatic heterocycles. The normalized spacial score (nSPS) is 11.1. The van der Waals surface area contributed by atoms with Crippen molar-refractivity contribution in [2.75, 3.05) is 27.2 Å². The van der Waals surface area contributed by atoms with Crippen LogP contribution in [0.25, 0.3) is 0 Å². The van der Waals surface area contributed by atoms with Gasteiger partial charge in [-0.05, 0) is 23.6 Å². The molecule has 0 atom stereocenters. The fourth-order valence-corrected chi connectivity index (χ4v) is 2.45. The van der Waals surface area contributed by atoms with Gasteiger partial charge in [-0.1, -0.05) is 60.1 Å². The number of guanidine groups is 1. The van der Waals surface area contributed by atoms with Crippen LogP contribution in [0.4, 0.5) is 0 Å². The Morgan fingerprint density at radius 2 is 1.73 bits per heavy atom. The summed E-state index contributed by atoms with van der Waals surface area (Å²) in [5.41, 5.74) is 2.19. The van der Waals surface area contributed by atoms with Gasteiger partial charge in [-0.2, -0.15) is 0 Å². The molecule has 2 aromatic carbocycles. The molecule has 1 amide bonds. The molecule has 5 nitrogen and oxygen atoms in total. The summed E-state index contributed by atoms with van der Waals surface area (Å²) in [5, 5.41) is 7.04. The van der Waals surface area contributed by atoms with Crippen LogP contribution >= 0.6 is 11.6 Å². The number of likely N-dealkylation sites (N-methyl/N-ethyl adjacent to an activating group) is 1. The lowest BCUT2D eigenvalue weighted by Gasteiger charge is -2.15. The standard InChI is InChI=1S/C20H25ClN4O/c1-25(2)19(26)15-24-20(22-13-12-16-8-4-3-5-9-16)23-14-17-10-6-7-11-18(17)21/h3-11H,12-15H2,1-2H3,(H2,22,23,24). The lowest BCUT2D eigenvalue weighted by molar-refractivity contribution is -0.127. The van der Waals surface area contributed by atoms with Gasteiger partial charge in [0.15, 0.2) is 5.96 Å². The largest absolute Gasteiger partial charge is 0.356 e. The monoisotopic (exact) mass is 372 g/mol. The molecule has 0 fully saturated rings. The zero-order chi connectivity index (χ0) is 18.8. The lowest BCUT2D eigenvalue weighted by Crippen LogP contribution is -2.43. The van der Waals surface area contributed by atoms with Crippen molar-refractivity contribution in [3.63, 3.8) is 0 Å². The van der Waals surface area contributed by atoms with Gasteiger partial charge < -0.3 is 15.5 Å². The van der Waals surface area contributed by atoms with Crippen LogP contribution in [0, 0.1) is 0 Å². The molecule has 2 aromatic rings. The van der Waals surface area contributed by atoms with Crippen LogP contribution in [0.15, 0.2) is 59.6 Å². The number of benzene rings is 2. The number of hydrogen-bond donors (Lipinski definition) is 2. The number of halogens is 1. The van der Waals surface area contributed by atoms with Crippen molar-refractivity contribution in [3.8, 4) is 0 Å². The molecule has 0 bridgehead atoms. The molecule has 2 N–H and O–H groups in total. The summed E-state index contributed by atoms with van der Waals surface area (Å²) in [7, 11) is 3.46. The van der Waals surface area contributed by atoms with Crippen LogP contribution in [0.2, 0.25) is 5.02 Å². The molecular formula is C20H25ClN4O. The van der Waals surface area contributed by atoms with E-state index in [0.717, 1.165) is 12.0 Å². The van der Waals surface area contributed by atoms with Gasteiger partial charge in [0.2, 0.25) is 5.91 Å². The van der Waals surface area contributed by atoms with E-state index in [-0.39, 0.29) is 12.5 Å². The van der Waals surface area contributed by atoms with Gasteiger partial charge >= 0.3 is 0 Å². The Labute approximate surface area is 160 Å². The first-order valence-electron chi connectivity index (χ1n) is 8.56. The van der Waals surface area contributed by atoms with E-state index in [1.54, 1.807) is 19.0 Å². The van der Waals surface area contributed by atoms with Crippen LogP contribution in [0.3, 0.4) is 0 Å². The van der Waals surface area contributed by atoms with Crippen molar-refractivity contribution in [3.05, 3.63) is 70.7 Å². The first kappa shape index (κ1) is 19.8. The molecule has 0 heterocycles. The maximum absolute atomic E-state index is 11.8. The molecule has 0 saturated heterocycles. The van der Waals surface area contributed by atoms with Gasteiger partial charge in [0.25, 0.3) is 0 Å². The van der Waals surface area contributed by atoms with E-state index in [0.29, 0.717) is 24.1 Å². The van der Waals surface area contributed by atoms with E-state index in [4.69, 9.17) is 11.6 Å². The summed E-state index contributed by atoms with van der Waals surface area (Å²) < 4.78 is 0. The third-order valence-electron chi connectivity index (χ3n) is 3.82. The van der Waals surface area contributed by atoms with E-state index in [2.05, 4.69) is 27.8 Å². The number of rotatable bonds is 7. The Balaban J connectivity index is 1.97. The Morgan fingerprint density at radius 3 is 2.42 bits per heavy atom. The number of nitrogens with zero attached hydrogens (tertiary/aromatic N) is 2. The number of nitrogens with one attached hydrogen (secondary N) is 2. The van der Waals surface area contributed by atoms with Gasteiger partial charge in [0.1, 0.15) is 0 Å². The minimum absolute atomic E-state index is 0.0136. The maximum atomic E-state index is 11.8. The third kappa shape index (κ3) is 6.76. The Hall–Kier alpha value is -2.53. The van der Waals surface area contributed by atoms with Crippen molar-refractivity contribution in [2.24, 2.45) is 4.99 Å². The molecule has 0 aromatic heterocycles. The Morgan fingerprint density at radius 1 is 1.04 bits per heavy atom. The topological polar surface area (TPSA) is 56.7 Å². The van der Waals surface area contributed by atoms with E-state index in [9.17, 15) is 4.79 Å². The first-order chi connectivity index (χ1) is 12.6. The fraction of sp³-hybridized carbons (Fsp3) is 0.300. The number of amides is 1. The summed E-state index contributed by atoms with van der Waals surface area (Å²) >= 11 is 6.19. The Kier molecular flexibility index (Phi) is 7.96. The molecular weight excluding hydrogens is 348 g/mol. The van der Waals surface area contributed by atoms with Gasteiger partial charge in [-0.3, -0.25) is 4.79 Å². The van der Waals surface area contributed by atoms with Gasteiger partial charge in [-0.15, -0.1) is 0 Å². The number of aliphatic imine (C=N–C) groups is 1. The highest BCUT2D eigenvalue weighted by atomic mass is 35.5. The minimum atomic E-state index is -0.0136. The quantitative estimate of drug-likeness (QED) is 0.580. The molecule has 0 radical (unpaired) electrons. The first-order valence-corrected chi connectivity index (χ1v) is 8.93. The van der Waals surface area contributed by atoms with Gasteiger partial charge in [0.05, 0.1) is 13.1 Å². The summed E-state index contributed by atoms with van der Waals surface area (Å²) in [4.78, 5) is 17.9. The molecule has 26 heavy (non-hydrogen) atoms. The predicted octanol–water partition coefficient (Wildman–Crippen LogP) is 2.71. The molecule has 2 rings (SSSR count). The van der Waals surface area contributed by atoms with E-state index in [1.807, 2.05) is 42.5 Å². The van der Waals surface area contributed by atoms with Crippen molar-refractivity contribution in [1.29, 1.82) is 0 Å². The average Bonchev–Trinajstić information content (AvgIpc) is 2.65. The van der Waals surface area contributed by atoms with Gasteiger partial charge in [0, 0.05) is 25.7 Å². The molecule has 0 unspecified atom stereocenters. The number of hydrogen-bond acceptors (Lipinski definition) is 2. The predicted molar refractivity (Wildman–Crippen MR) is 107 cm³/mol. The lowest BCUT2D eigenvalue weighted by atomic mass is 10.1. The van der Waals surface area contributed by atoms with Crippen molar-refractivity contribution >= 4 is 23.5 Å².